The summed E-state index contributed by atoms with van der Waals surface area (Å²) < 4.78 is 40.6. The van der Waals surface area contributed by atoms with Gasteiger partial charge in [0.05, 0.1) is 6.04 Å². The summed E-state index contributed by atoms with van der Waals surface area (Å²) in [4.78, 5) is 4.09. The Hall–Kier alpha value is -2.26. The number of amidine groups is 1. The molecular weight excluding hydrogens is 333 g/mol. The van der Waals surface area contributed by atoms with Gasteiger partial charge in [0.25, 0.3) is 0 Å². The Balaban J connectivity index is 1.58. The molecule has 126 valence electrons. The standard InChI is InChI=1S/C15H16FN5O2S/c16-12-9-13(11-5-2-1-3-6-11)21-14(12)18-15(19-21)24(22,23)10-20-8-4-7-17-20/h1-8,12-14H,9-10H2,(H,18,19)/t12-,13-,14?/m0/s1. The average molecular weight is 349 g/mol. The number of nitrogens with one attached hydrogen (secondary N) is 1. The number of fused-ring (bicyclic) bond motifs is 1. The van der Waals surface area contributed by atoms with E-state index in [0.29, 0.717) is 0 Å². The van der Waals surface area contributed by atoms with Crippen LogP contribution < -0.4 is 5.43 Å². The highest BCUT2D eigenvalue weighted by Crippen LogP contribution is 2.39. The molecule has 1 fully saturated rings. The molecule has 0 bridgehead atoms. The minimum atomic E-state index is -3.72. The predicted molar refractivity (Wildman–Crippen MR) is 86.0 cm³/mol. The molecular formula is C15H16FN5O2S. The normalized spacial score (nSPS) is 26.9. The molecule has 24 heavy (non-hydrogen) atoms. The highest BCUT2D eigenvalue weighted by atomic mass is 32.2. The monoisotopic (exact) mass is 349 g/mol. The van der Waals surface area contributed by atoms with Crippen molar-refractivity contribution in [2.45, 2.75) is 30.7 Å². The first kappa shape index (κ1) is 15.3. The lowest BCUT2D eigenvalue weighted by Gasteiger charge is -2.23. The van der Waals surface area contributed by atoms with E-state index in [0.717, 1.165) is 5.56 Å². The number of sulfone groups is 1. The molecule has 0 aliphatic carbocycles. The second-order valence-corrected chi connectivity index (χ2v) is 7.71. The summed E-state index contributed by atoms with van der Waals surface area (Å²) in [7, 11) is -3.72. The molecule has 0 saturated carbocycles. The number of aliphatic imine (C=N–C) groups is 1. The van der Waals surface area contributed by atoms with Crippen molar-refractivity contribution in [3.8, 4) is 0 Å². The van der Waals surface area contributed by atoms with E-state index in [9.17, 15) is 12.8 Å². The van der Waals surface area contributed by atoms with Crippen LogP contribution in [-0.2, 0) is 15.7 Å². The number of alkyl halides is 1. The Morgan fingerprint density at radius 1 is 1.25 bits per heavy atom. The smallest absolute Gasteiger partial charge is 0.234 e. The van der Waals surface area contributed by atoms with Crippen LogP contribution in [-0.4, -0.2) is 40.7 Å². The Bertz CT molecular complexity index is 853. The first-order chi connectivity index (χ1) is 11.5. The lowest BCUT2D eigenvalue weighted by molar-refractivity contribution is 0.160. The summed E-state index contributed by atoms with van der Waals surface area (Å²) >= 11 is 0. The molecule has 1 N–H and O–H groups in total. The van der Waals surface area contributed by atoms with Crippen LogP contribution in [0.1, 0.15) is 18.0 Å². The van der Waals surface area contributed by atoms with Crippen LogP contribution in [0.4, 0.5) is 4.39 Å². The van der Waals surface area contributed by atoms with Crippen LogP contribution in [0.3, 0.4) is 0 Å². The predicted octanol–water partition coefficient (Wildman–Crippen LogP) is 1.24. The number of halogens is 1. The lowest BCUT2D eigenvalue weighted by Crippen LogP contribution is -2.42. The first-order valence-electron chi connectivity index (χ1n) is 7.56. The van der Waals surface area contributed by atoms with Gasteiger partial charge in [-0.2, -0.15) is 10.1 Å². The van der Waals surface area contributed by atoms with Gasteiger partial charge in [0.15, 0.2) is 12.0 Å². The van der Waals surface area contributed by atoms with Crippen molar-refractivity contribution in [1.29, 1.82) is 0 Å². The number of hydrogen-bond donors (Lipinski definition) is 1. The van der Waals surface area contributed by atoms with Crippen LogP contribution in [0.5, 0.6) is 0 Å². The quantitative estimate of drug-likeness (QED) is 0.902. The number of hydrogen-bond acceptors (Lipinski definition) is 6. The summed E-state index contributed by atoms with van der Waals surface area (Å²) in [5.41, 5.74) is 3.73. The van der Waals surface area contributed by atoms with Crippen molar-refractivity contribution in [1.82, 2.24) is 20.2 Å². The van der Waals surface area contributed by atoms with Crippen LogP contribution in [0, 0.1) is 0 Å². The minimum absolute atomic E-state index is 0.203. The summed E-state index contributed by atoms with van der Waals surface area (Å²) in [6.07, 6.45) is 1.29. The van der Waals surface area contributed by atoms with Crippen LogP contribution in [0.25, 0.3) is 0 Å². The van der Waals surface area contributed by atoms with Crippen LogP contribution >= 0.6 is 0 Å². The molecule has 2 aliphatic heterocycles. The molecule has 1 aromatic heterocycles. The zero-order valence-electron chi connectivity index (χ0n) is 12.7. The third kappa shape index (κ3) is 2.59. The summed E-state index contributed by atoms with van der Waals surface area (Å²) in [6, 6.07) is 10.8. The van der Waals surface area contributed by atoms with E-state index in [2.05, 4.69) is 15.5 Å². The zero-order valence-corrected chi connectivity index (χ0v) is 13.5. The highest BCUT2D eigenvalue weighted by Gasteiger charge is 2.48. The lowest BCUT2D eigenvalue weighted by atomic mass is 10.1. The molecule has 7 nitrogen and oxygen atoms in total. The van der Waals surface area contributed by atoms with Gasteiger partial charge >= 0.3 is 0 Å². The van der Waals surface area contributed by atoms with E-state index in [1.165, 1.54) is 10.9 Å². The van der Waals surface area contributed by atoms with Crippen molar-refractivity contribution in [2.75, 3.05) is 0 Å². The first-order valence-corrected chi connectivity index (χ1v) is 9.22. The van der Waals surface area contributed by atoms with E-state index in [-0.39, 0.29) is 23.5 Å². The fraction of sp³-hybridized carbons (Fsp3) is 0.333. The van der Waals surface area contributed by atoms with Crippen LogP contribution in [0.15, 0.2) is 53.8 Å². The van der Waals surface area contributed by atoms with Gasteiger partial charge in [0.2, 0.25) is 15.0 Å². The molecule has 3 atom stereocenters. The molecule has 0 spiro atoms. The highest BCUT2D eigenvalue weighted by molar-refractivity contribution is 8.05. The maximum atomic E-state index is 14.4. The van der Waals surface area contributed by atoms with E-state index < -0.39 is 22.2 Å². The van der Waals surface area contributed by atoms with E-state index >= 15 is 0 Å². The van der Waals surface area contributed by atoms with Gasteiger partial charge in [-0.15, -0.1) is 0 Å². The number of benzene rings is 1. The van der Waals surface area contributed by atoms with Crippen molar-refractivity contribution in [3.63, 3.8) is 0 Å². The van der Waals surface area contributed by atoms with E-state index in [1.54, 1.807) is 17.3 Å². The SMILES string of the molecule is O=S(=O)(Cn1cccn1)C1=NC2[C@@H](F)C[C@@H](c3ccccc3)N2N1. The van der Waals surface area contributed by atoms with Gasteiger partial charge in [-0.1, -0.05) is 30.3 Å². The van der Waals surface area contributed by atoms with E-state index in [1.807, 2.05) is 30.3 Å². The molecule has 0 amide bonds. The third-order valence-electron chi connectivity index (χ3n) is 4.21. The van der Waals surface area contributed by atoms with Gasteiger partial charge in [0.1, 0.15) is 6.17 Å². The molecule has 1 aromatic carbocycles. The molecule has 9 heteroatoms. The largest absolute Gasteiger partial charge is 0.291 e. The van der Waals surface area contributed by atoms with Gasteiger partial charge in [-0.25, -0.2) is 17.8 Å². The summed E-state index contributed by atoms with van der Waals surface area (Å²) in [5.74, 6) is -0.334. The van der Waals surface area contributed by atoms with Crippen molar-refractivity contribution < 1.29 is 12.8 Å². The Morgan fingerprint density at radius 2 is 2.04 bits per heavy atom. The number of aromatic nitrogens is 2. The molecule has 3 heterocycles. The van der Waals surface area contributed by atoms with Crippen molar-refractivity contribution >= 4 is 15.0 Å². The second kappa shape index (κ2) is 5.67. The van der Waals surface area contributed by atoms with E-state index in [4.69, 9.17) is 0 Å². The maximum Gasteiger partial charge on any atom is 0.234 e. The number of nitrogens with zero attached hydrogens (tertiary/aromatic N) is 4. The third-order valence-corrected chi connectivity index (χ3v) is 5.60. The van der Waals surface area contributed by atoms with Crippen LogP contribution in [0.2, 0.25) is 0 Å². The second-order valence-electron chi connectivity index (χ2n) is 5.83. The minimum Gasteiger partial charge on any atom is -0.291 e. The topological polar surface area (TPSA) is 79.6 Å². The van der Waals surface area contributed by atoms with Gasteiger partial charge < -0.3 is 0 Å². The van der Waals surface area contributed by atoms with Crippen molar-refractivity contribution in [3.05, 3.63) is 54.4 Å². The molecule has 2 aromatic rings. The molecule has 0 radical (unpaired) electrons. The molecule has 4 rings (SSSR count). The molecule has 2 aliphatic rings. The Morgan fingerprint density at radius 3 is 2.75 bits per heavy atom. The van der Waals surface area contributed by atoms with Gasteiger partial charge in [0, 0.05) is 18.8 Å². The number of hydrazine groups is 1. The molecule has 1 unspecified atom stereocenters. The maximum absolute atomic E-state index is 14.4. The number of rotatable bonds is 3. The summed E-state index contributed by atoms with van der Waals surface area (Å²) in [6.45, 7) is 0. The zero-order chi connectivity index (χ0) is 16.7. The Kier molecular flexibility index (Phi) is 3.61. The van der Waals surface area contributed by atoms with Crippen molar-refractivity contribution in [2.24, 2.45) is 4.99 Å². The summed E-state index contributed by atoms with van der Waals surface area (Å²) in [5, 5.41) is 5.28. The Labute approximate surface area is 138 Å². The fourth-order valence-electron chi connectivity index (χ4n) is 3.09. The fourth-order valence-corrected chi connectivity index (χ4v) is 4.22. The van der Waals surface area contributed by atoms with Gasteiger partial charge in [-0.3, -0.25) is 10.1 Å². The molecule has 1 saturated heterocycles. The van der Waals surface area contributed by atoms with Gasteiger partial charge in [-0.05, 0) is 11.6 Å². The average Bonchev–Trinajstić information content (AvgIpc) is 3.26.